The molecule has 0 fully saturated rings. The van der Waals surface area contributed by atoms with E-state index >= 15 is 0 Å². The van der Waals surface area contributed by atoms with Crippen molar-refractivity contribution in [3.8, 4) is 0 Å². The Morgan fingerprint density at radius 3 is 1.90 bits per heavy atom. The predicted molar refractivity (Wildman–Crippen MR) is 113 cm³/mol. The van der Waals surface area contributed by atoms with Crippen molar-refractivity contribution in [2.45, 2.75) is 91.0 Å². The van der Waals surface area contributed by atoms with Crippen LogP contribution in [0.4, 0.5) is 0 Å². The van der Waals surface area contributed by atoms with E-state index in [1.165, 1.54) is 0 Å². The van der Waals surface area contributed by atoms with Gasteiger partial charge in [-0.1, -0.05) is 37.5 Å². The maximum Gasteiger partial charge on any atom is 0.226 e. The summed E-state index contributed by atoms with van der Waals surface area (Å²) in [7, 11) is 0. The van der Waals surface area contributed by atoms with Crippen molar-refractivity contribution in [2.75, 3.05) is 6.54 Å². The third-order valence-corrected chi connectivity index (χ3v) is 4.79. The molecule has 31 heavy (non-hydrogen) atoms. The second-order valence-electron chi connectivity index (χ2n) is 7.48. The van der Waals surface area contributed by atoms with Gasteiger partial charge in [0.2, 0.25) is 23.6 Å². The van der Waals surface area contributed by atoms with Gasteiger partial charge in [0, 0.05) is 51.1 Å². The fourth-order valence-electron chi connectivity index (χ4n) is 3.07. The molecule has 0 spiro atoms. The first kappa shape index (κ1) is 24.5. The summed E-state index contributed by atoms with van der Waals surface area (Å²) >= 11 is 0. The highest BCUT2D eigenvalue weighted by molar-refractivity contribution is 5.77. The van der Waals surface area contributed by atoms with E-state index in [0.717, 1.165) is 25.7 Å². The van der Waals surface area contributed by atoms with Crippen LogP contribution in [0.15, 0.2) is 9.05 Å². The minimum absolute atomic E-state index is 0.0361. The first-order valence-electron chi connectivity index (χ1n) is 11.2. The minimum atomic E-state index is -0.0837. The lowest BCUT2D eigenvalue weighted by Gasteiger charge is -2.18. The monoisotopic (exact) mass is 434 g/mol. The highest BCUT2D eigenvalue weighted by Crippen LogP contribution is 2.06. The summed E-state index contributed by atoms with van der Waals surface area (Å²) in [5, 5.41) is 13.6. The Kier molecular flexibility index (Phi) is 10.7. The number of aryl methyl sites for hydroxylation is 4. The highest BCUT2D eigenvalue weighted by atomic mass is 16.5. The van der Waals surface area contributed by atoms with Crippen molar-refractivity contribution < 1.29 is 18.6 Å². The van der Waals surface area contributed by atoms with Crippen LogP contribution in [0, 0.1) is 0 Å². The maximum atomic E-state index is 12.3. The van der Waals surface area contributed by atoms with Crippen molar-refractivity contribution in [2.24, 2.45) is 0 Å². The van der Waals surface area contributed by atoms with Gasteiger partial charge in [0.15, 0.2) is 11.6 Å². The van der Waals surface area contributed by atoms with Crippen molar-refractivity contribution >= 4 is 11.8 Å². The Balaban J connectivity index is 1.63. The molecule has 0 bridgehead atoms. The molecule has 0 aromatic carbocycles. The van der Waals surface area contributed by atoms with Crippen molar-refractivity contribution in [1.29, 1.82) is 0 Å². The lowest BCUT2D eigenvalue weighted by Crippen LogP contribution is -2.43. The fraction of sp³-hybridized carbons (Fsp3) is 0.714. The topological polar surface area (TPSA) is 136 Å². The van der Waals surface area contributed by atoms with Crippen LogP contribution in [-0.4, -0.2) is 44.7 Å². The van der Waals surface area contributed by atoms with Crippen molar-refractivity contribution in [1.82, 2.24) is 30.9 Å². The van der Waals surface area contributed by atoms with Gasteiger partial charge in [0.1, 0.15) is 0 Å². The summed E-state index contributed by atoms with van der Waals surface area (Å²) < 4.78 is 10.3. The Labute approximate surface area is 182 Å². The summed E-state index contributed by atoms with van der Waals surface area (Å²) in [6.07, 6.45) is 6.36. The molecule has 2 rings (SSSR count). The zero-order valence-corrected chi connectivity index (χ0v) is 18.8. The van der Waals surface area contributed by atoms with Gasteiger partial charge in [-0.15, -0.1) is 0 Å². The minimum Gasteiger partial charge on any atom is -0.354 e. The Morgan fingerprint density at radius 1 is 0.871 bits per heavy atom. The van der Waals surface area contributed by atoms with Crippen molar-refractivity contribution in [3.63, 3.8) is 0 Å². The van der Waals surface area contributed by atoms with E-state index in [-0.39, 0.29) is 17.9 Å². The van der Waals surface area contributed by atoms with E-state index < -0.39 is 0 Å². The van der Waals surface area contributed by atoms with E-state index in [0.29, 0.717) is 68.5 Å². The van der Waals surface area contributed by atoms with Gasteiger partial charge in [0.25, 0.3) is 0 Å². The zero-order chi connectivity index (χ0) is 22.5. The van der Waals surface area contributed by atoms with E-state index in [1.54, 1.807) is 0 Å². The van der Waals surface area contributed by atoms with Crippen molar-refractivity contribution in [3.05, 3.63) is 23.4 Å². The van der Waals surface area contributed by atoms with Crippen LogP contribution in [-0.2, 0) is 35.3 Å². The molecule has 2 aromatic rings. The molecular weight excluding hydrogens is 400 g/mol. The SMILES string of the molecule is CCCC(CNC(=O)CCCc1nc(CC)no1)NC(=O)CCCc1nc(CC)no1. The molecule has 10 heteroatoms. The zero-order valence-electron chi connectivity index (χ0n) is 18.8. The Hall–Kier alpha value is -2.78. The average molecular weight is 435 g/mol. The first-order valence-corrected chi connectivity index (χ1v) is 11.2. The number of carbonyl (C=O) groups is 2. The number of nitrogens with one attached hydrogen (secondary N) is 2. The molecule has 10 nitrogen and oxygen atoms in total. The number of hydrogen-bond donors (Lipinski definition) is 2. The standard InChI is InChI=1S/C21H34N6O4/c1-4-9-15(23-19(29)11-8-13-21-25-17(6-3)27-31-21)14-22-18(28)10-7-12-20-24-16(5-2)26-30-20/h15H,4-14H2,1-3H3,(H,22,28)(H,23,29). The van der Waals surface area contributed by atoms with Crippen LogP contribution in [0.5, 0.6) is 0 Å². The maximum absolute atomic E-state index is 12.3. The highest BCUT2D eigenvalue weighted by Gasteiger charge is 2.14. The van der Waals surface area contributed by atoms with Crippen LogP contribution in [0.1, 0.15) is 82.7 Å². The molecule has 172 valence electrons. The van der Waals surface area contributed by atoms with Crippen LogP contribution < -0.4 is 10.6 Å². The summed E-state index contributed by atoms with van der Waals surface area (Å²) in [4.78, 5) is 32.9. The Bertz CT molecular complexity index is 803. The second-order valence-corrected chi connectivity index (χ2v) is 7.48. The fourth-order valence-corrected chi connectivity index (χ4v) is 3.07. The van der Waals surface area contributed by atoms with Crippen LogP contribution in [0.3, 0.4) is 0 Å². The molecule has 0 aliphatic heterocycles. The lowest BCUT2D eigenvalue weighted by atomic mass is 10.1. The molecule has 0 saturated carbocycles. The van der Waals surface area contributed by atoms with Gasteiger partial charge in [0.05, 0.1) is 0 Å². The molecule has 0 aliphatic carbocycles. The molecule has 0 radical (unpaired) electrons. The van der Waals surface area contributed by atoms with Gasteiger partial charge >= 0.3 is 0 Å². The van der Waals surface area contributed by atoms with Gasteiger partial charge < -0.3 is 19.7 Å². The van der Waals surface area contributed by atoms with E-state index in [2.05, 4.69) is 37.8 Å². The molecule has 2 aromatic heterocycles. The smallest absolute Gasteiger partial charge is 0.226 e. The summed E-state index contributed by atoms with van der Waals surface area (Å²) in [6, 6.07) is -0.0837. The number of carbonyl (C=O) groups excluding carboxylic acids is 2. The first-order chi connectivity index (χ1) is 15.0. The summed E-state index contributed by atoms with van der Waals surface area (Å²) in [5.74, 6) is 2.40. The second kappa shape index (κ2) is 13.5. The van der Waals surface area contributed by atoms with E-state index in [1.807, 2.05) is 13.8 Å². The van der Waals surface area contributed by atoms with Crippen LogP contribution >= 0.6 is 0 Å². The molecule has 0 aliphatic rings. The van der Waals surface area contributed by atoms with Crippen LogP contribution in [0.2, 0.25) is 0 Å². The van der Waals surface area contributed by atoms with Gasteiger partial charge in [-0.3, -0.25) is 9.59 Å². The molecule has 1 unspecified atom stereocenters. The number of hydrogen-bond acceptors (Lipinski definition) is 8. The lowest BCUT2D eigenvalue weighted by molar-refractivity contribution is -0.123. The molecule has 2 amide bonds. The molecule has 0 saturated heterocycles. The number of rotatable bonds is 15. The van der Waals surface area contributed by atoms with Gasteiger partial charge in [-0.05, 0) is 19.3 Å². The molecular formula is C21H34N6O4. The molecule has 2 N–H and O–H groups in total. The number of nitrogens with zero attached hydrogens (tertiary/aromatic N) is 4. The number of aromatic nitrogens is 4. The predicted octanol–water partition coefficient (Wildman–Crippen LogP) is 2.32. The van der Waals surface area contributed by atoms with Gasteiger partial charge in [-0.25, -0.2) is 0 Å². The van der Waals surface area contributed by atoms with E-state index in [9.17, 15) is 9.59 Å². The van der Waals surface area contributed by atoms with Gasteiger partial charge in [-0.2, -0.15) is 9.97 Å². The largest absolute Gasteiger partial charge is 0.354 e. The normalized spacial score (nSPS) is 12.0. The Morgan fingerprint density at radius 2 is 1.42 bits per heavy atom. The number of amides is 2. The third kappa shape index (κ3) is 9.27. The third-order valence-electron chi connectivity index (χ3n) is 4.79. The quantitative estimate of drug-likeness (QED) is 0.436. The average Bonchev–Trinajstić information content (AvgIpc) is 3.41. The molecule has 1 atom stereocenters. The van der Waals surface area contributed by atoms with Crippen LogP contribution in [0.25, 0.3) is 0 Å². The van der Waals surface area contributed by atoms with E-state index in [4.69, 9.17) is 9.05 Å². The summed E-state index contributed by atoms with van der Waals surface area (Å²) in [5.41, 5.74) is 0. The molecule has 2 heterocycles. The summed E-state index contributed by atoms with van der Waals surface area (Å²) in [6.45, 7) is 6.40.